The van der Waals surface area contributed by atoms with E-state index >= 15 is 0 Å². The van der Waals surface area contributed by atoms with E-state index in [0.717, 1.165) is 10.9 Å². The van der Waals surface area contributed by atoms with Gasteiger partial charge in [-0.3, -0.25) is 0 Å². The summed E-state index contributed by atoms with van der Waals surface area (Å²) in [6.45, 7) is 0. The predicted molar refractivity (Wildman–Crippen MR) is 85.1 cm³/mol. The summed E-state index contributed by atoms with van der Waals surface area (Å²) in [5.41, 5.74) is 7.51. The van der Waals surface area contributed by atoms with Crippen molar-refractivity contribution in [1.29, 1.82) is 5.26 Å². The van der Waals surface area contributed by atoms with E-state index in [1.807, 2.05) is 36.4 Å². The topological polar surface area (TPSA) is 71.9 Å². The number of aromatic nitrogens is 1. The van der Waals surface area contributed by atoms with Crippen molar-refractivity contribution in [2.75, 3.05) is 5.73 Å². The number of nitrogens with zero attached hydrogens (tertiary/aromatic N) is 2. The molecule has 102 valence electrons. The molecule has 0 saturated heterocycles. The second-order valence-electron chi connectivity index (χ2n) is 4.41. The lowest BCUT2D eigenvalue weighted by molar-refractivity contribution is 0.463. The molecular formula is C16H10BrN3O. The van der Waals surface area contributed by atoms with Gasteiger partial charge >= 0.3 is 0 Å². The summed E-state index contributed by atoms with van der Waals surface area (Å²) in [5.74, 6) is 0.701. The Morgan fingerprint density at radius 2 is 1.95 bits per heavy atom. The molecule has 0 spiro atoms. The predicted octanol–water partition coefficient (Wildman–Crippen LogP) is 4.24. The number of rotatable bonds is 2. The molecule has 4 nitrogen and oxygen atoms in total. The van der Waals surface area contributed by atoms with Crippen LogP contribution in [0, 0.1) is 11.3 Å². The zero-order chi connectivity index (χ0) is 14.8. The van der Waals surface area contributed by atoms with Gasteiger partial charge in [-0.1, -0.05) is 24.3 Å². The molecule has 0 fully saturated rings. The lowest BCUT2D eigenvalue weighted by atomic mass is 10.1. The molecule has 0 saturated carbocycles. The van der Waals surface area contributed by atoms with E-state index in [9.17, 15) is 5.26 Å². The molecule has 21 heavy (non-hydrogen) atoms. The zero-order valence-electron chi connectivity index (χ0n) is 10.9. The number of nitrogen functional groups attached to an aromatic ring is 1. The van der Waals surface area contributed by atoms with Gasteiger partial charge in [-0.15, -0.1) is 0 Å². The Kier molecular flexibility index (Phi) is 3.46. The maximum absolute atomic E-state index is 9.28. The van der Waals surface area contributed by atoms with Gasteiger partial charge in [0.1, 0.15) is 11.6 Å². The highest BCUT2D eigenvalue weighted by Crippen LogP contribution is 2.36. The van der Waals surface area contributed by atoms with Crippen LogP contribution in [-0.2, 0) is 0 Å². The highest BCUT2D eigenvalue weighted by molar-refractivity contribution is 9.10. The summed E-state index contributed by atoms with van der Waals surface area (Å²) < 4.78 is 6.47. The van der Waals surface area contributed by atoms with Crippen molar-refractivity contribution in [3.63, 3.8) is 0 Å². The van der Waals surface area contributed by atoms with Crippen molar-refractivity contribution in [2.45, 2.75) is 0 Å². The number of ether oxygens (including phenoxy) is 1. The van der Waals surface area contributed by atoms with Gasteiger partial charge in [0.25, 0.3) is 0 Å². The number of nitrogens with two attached hydrogens (primary N) is 1. The molecule has 0 aliphatic rings. The van der Waals surface area contributed by atoms with Crippen molar-refractivity contribution >= 4 is 32.5 Å². The molecule has 0 atom stereocenters. The van der Waals surface area contributed by atoms with Crippen LogP contribution < -0.4 is 10.5 Å². The van der Waals surface area contributed by atoms with Gasteiger partial charge in [-0.2, -0.15) is 5.26 Å². The van der Waals surface area contributed by atoms with Crippen LogP contribution >= 0.6 is 15.9 Å². The Balaban J connectivity index is 2.14. The lowest BCUT2D eigenvalue weighted by Gasteiger charge is -2.11. The minimum atomic E-state index is 0.245. The van der Waals surface area contributed by atoms with Gasteiger partial charge in [-0.25, -0.2) is 4.98 Å². The lowest BCUT2D eigenvalue weighted by Crippen LogP contribution is -1.97. The molecule has 0 aliphatic carbocycles. The standard InChI is InChI=1S/C16H10BrN3O/c17-12-5-3-6-13(19)15(12)21-16-11(9-18)8-10-4-1-2-7-14(10)20-16/h1-8H,19H2. The van der Waals surface area contributed by atoms with Crippen molar-refractivity contribution in [1.82, 2.24) is 4.98 Å². The van der Waals surface area contributed by atoms with Crippen molar-refractivity contribution < 1.29 is 4.74 Å². The first-order chi connectivity index (χ1) is 10.2. The van der Waals surface area contributed by atoms with E-state index in [-0.39, 0.29) is 5.88 Å². The first-order valence-electron chi connectivity index (χ1n) is 6.21. The van der Waals surface area contributed by atoms with Crippen LogP contribution in [0.15, 0.2) is 53.0 Å². The highest BCUT2D eigenvalue weighted by atomic mass is 79.9. The fraction of sp³-hybridized carbons (Fsp3) is 0. The molecule has 3 rings (SSSR count). The maximum Gasteiger partial charge on any atom is 0.238 e. The average molecular weight is 340 g/mol. The number of hydrogen-bond donors (Lipinski definition) is 1. The Morgan fingerprint density at radius 3 is 2.71 bits per heavy atom. The normalized spacial score (nSPS) is 10.3. The number of halogens is 1. The van der Waals surface area contributed by atoms with Crippen LogP contribution in [0.2, 0.25) is 0 Å². The van der Waals surface area contributed by atoms with Gasteiger partial charge in [0, 0.05) is 5.39 Å². The second kappa shape index (κ2) is 5.43. The summed E-state index contributed by atoms with van der Waals surface area (Å²) in [4.78, 5) is 4.40. The first-order valence-corrected chi connectivity index (χ1v) is 7.00. The van der Waals surface area contributed by atoms with E-state index in [2.05, 4.69) is 27.0 Å². The first kappa shape index (κ1) is 13.4. The monoisotopic (exact) mass is 339 g/mol. The molecule has 2 aromatic carbocycles. The van der Waals surface area contributed by atoms with Gasteiger partial charge in [0.2, 0.25) is 5.88 Å². The second-order valence-corrected chi connectivity index (χ2v) is 5.26. The van der Waals surface area contributed by atoms with Crippen LogP contribution in [0.3, 0.4) is 0 Å². The fourth-order valence-corrected chi connectivity index (χ4v) is 2.45. The largest absolute Gasteiger partial charge is 0.434 e. The van der Waals surface area contributed by atoms with E-state index in [4.69, 9.17) is 10.5 Å². The number of anilines is 1. The average Bonchev–Trinajstić information content (AvgIpc) is 2.50. The minimum absolute atomic E-state index is 0.245. The van der Waals surface area contributed by atoms with Gasteiger partial charge < -0.3 is 10.5 Å². The van der Waals surface area contributed by atoms with Crippen molar-refractivity contribution in [2.24, 2.45) is 0 Å². The smallest absolute Gasteiger partial charge is 0.238 e. The Hall–Kier alpha value is -2.58. The summed E-state index contributed by atoms with van der Waals surface area (Å²) in [6.07, 6.45) is 0. The molecular weight excluding hydrogens is 330 g/mol. The van der Waals surface area contributed by atoms with Crippen LogP contribution in [0.5, 0.6) is 11.6 Å². The molecule has 0 aliphatic heterocycles. The minimum Gasteiger partial charge on any atom is -0.434 e. The number of para-hydroxylation sites is 2. The number of hydrogen-bond acceptors (Lipinski definition) is 4. The molecule has 1 heterocycles. The quantitative estimate of drug-likeness (QED) is 0.708. The number of nitriles is 1. The van der Waals surface area contributed by atoms with Crippen LogP contribution in [-0.4, -0.2) is 4.98 Å². The molecule has 0 amide bonds. The molecule has 1 aromatic heterocycles. The van der Waals surface area contributed by atoms with Gasteiger partial charge in [-0.05, 0) is 40.2 Å². The summed E-state index contributed by atoms with van der Waals surface area (Å²) in [7, 11) is 0. The van der Waals surface area contributed by atoms with Crippen molar-refractivity contribution in [3.8, 4) is 17.7 Å². The maximum atomic E-state index is 9.28. The molecule has 0 bridgehead atoms. The SMILES string of the molecule is N#Cc1cc2ccccc2nc1Oc1c(N)cccc1Br. The number of fused-ring (bicyclic) bond motifs is 1. The van der Waals surface area contributed by atoms with Crippen LogP contribution in [0.4, 0.5) is 5.69 Å². The summed E-state index contributed by atoms with van der Waals surface area (Å²) >= 11 is 3.39. The van der Waals surface area contributed by atoms with Gasteiger partial charge in [0.15, 0.2) is 5.75 Å². The Bertz CT molecular complexity index is 851. The third kappa shape index (κ3) is 2.54. The summed E-state index contributed by atoms with van der Waals surface area (Å²) in [6, 6.07) is 16.8. The van der Waals surface area contributed by atoms with E-state index in [0.29, 0.717) is 21.5 Å². The van der Waals surface area contributed by atoms with E-state index in [1.165, 1.54) is 0 Å². The van der Waals surface area contributed by atoms with Crippen LogP contribution in [0.1, 0.15) is 5.56 Å². The fourth-order valence-electron chi connectivity index (χ4n) is 1.99. The van der Waals surface area contributed by atoms with Crippen molar-refractivity contribution in [3.05, 3.63) is 58.6 Å². The third-order valence-electron chi connectivity index (χ3n) is 3.01. The number of benzene rings is 2. The highest BCUT2D eigenvalue weighted by Gasteiger charge is 2.13. The third-order valence-corrected chi connectivity index (χ3v) is 3.63. The molecule has 0 unspecified atom stereocenters. The Morgan fingerprint density at radius 1 is 1.14 bits per heavy atom. The van der Waals surface area contributed by atoms with Crippen LogP contribution in [0.25, 0.3) is 10.9 Å². The molecule has 2 N–H and O–H groups in total. The Labute approximate surface area is 129 Å². The molecule has 0 radical (unpaired) electrons. The van der Waals surface area contributed by atoms with E-state index in [1.54, 1.807) is 12.1 Å². The zero-order valence-corrected chi connectivity index (χ0v) is 12.5. The number of pyridine rings is 1. The molecule has 3 aromatic rings. The van der Waals surface area contributed by atoms with E-state index < -0.39 is 0 Å². The summed E-state index contributed by atoms with van der Waals surface area (Å²) in [5, 5.41) is 10.2. The molecule has 5 heteroatoms. The van der Waals surface area contributed by atoms with Gasteiger partial charge in [0.05, 0.1) is 15.7 Å².